The Balaban J connectivity index is 1.23. The predicted octanol–water partition coefficient (Wildman–Crippen LogP) is 5.05. The topological polar surface area (TPSA) is 188 Å². The summed E-state index contributed by atoms with van der Waals surface area (Å²) >= 11 is 6.48. The molecule has 5 atom stereocenters. The van der Waals surface area contributed by atoms with Crippen molar-refractivity contribution in [2.45, 2.75) is 114 Å². The number of benzene rings is 1. The summed E-state index contributed by atoms with van der Waals surface area (Å²) in [7, 11) is -0.804. The smallest absolute Gasteiger partial charge is 0.272 e. The van der Waals surface area contributed by atoms with Crippen molar-refractivity contribution >= 4 is 56.0 Å². The first-order valence-electron chi connectivity index (χ1n) is 19.9. The number of ether oxygens (including phenoxy) is 3. The number of halogens is 1. The number of aryl methyl sites for hydroxylation is 1. The van der Waals surface area contributed by atoms with E-state index in [0.29, 0.717) is 65.9 Å². The molecule has 0 radical (unpaired) electrons. The summed E-state index contributed by atoms with van der Waals surface area (Å²) in [5.74, 6) is -1.50. The number of nitrogens with one attached hydrogen (secondary N) is 2. The van der Waals surface area contributed by atoms with Crippen molar-refractivity contribution in [3.63, 3.8) is 0 Å². The Labute approximate surface area is 343 Å². The van der Waals surface area contributed by atoms with Crippen LogP contribution in [0.2, 0.25) is 5.02 Å². The average Bonchev–Trinajstić information content (AvgIpc) is 3.96. The van der Waals surface area contributed by atoms with Gasteiger partial charge in [0.1, 0.15) is 29.1 Å². The number of allylic oxidation sites excluding steroid dienone is 2. The van der Waals surface area contributed by atoms with E-state index in [0.717, 1.165) is 12.8 Å². The van der Waals surface area contributed by atoms with Gasteiger partial charge in [-0.1, -0.05) is 36.6 Å². The number of fused-ring (bicyclic) bond motifs is 3. The lowest BCUT2D eigenvalue weighted by atomic mass is 9.91. The number of sulfonamides is 1. The number of methoxy groups -OCH3 is 1. The van der Waals surface area contributed by atoms with Crippen molar-refractivity contribution in [1.29, 1.82) is 0 Å². The molecule has 7 rings (SSSR count). The zero-order valence-electron chi connectivity index (χ0n) is 33.5. The van der Waals surface area contributed by atoms with Crippen molar-refractivity contribution < 1.29 is 41.8 Å². The van der Waals surface area contributed by atoms with Gasteiger partial charge in [0.2, 0.25) is 27.7 Å². The molecular weight excluding hydrogens is 788 g/mol. The van der Waals surface area contributed by atoms with E-state index >= 15 is 0 Å². The van der Waals surface area contributed by atoms with E-state index in [1.54, 1.807) is 44.4 Å². The molecule has 0 bridgehead atoms. The summed E-state index contributed by atoms with van der Waals surface area (Å²) < 4.78 is 47.5. The number of pyridine rings is 1. The summed E-state index contributed by atoms with van der Waals surface area (Å²) in [6.07, 6.45) is 8.76. The van der Waals surface area contributed by atoms with E-state index in [1.807, 2.05) is 26.0 Å². The van der Waals surface area contributed by atoms with Crippen LogP contribution in [-0.4, -0.2) is 94.3 Å². The Kier molecular flexibility index (Phi) is 11.5. The summed E-state index contributed by atoms with van der Waals surface area (Å²) in [5.41, 5.74) is -0.753. The fraction of sp³-hybridized carbons (Fsp3) is 0.561. The summed E-state index contributed by atoms with van der Waals surface area (Å²) in [5, 5.41) is 7.99. The van der Waals surface area contributed by atoms with Crippen LogP contribution in [0.4, 0.5) is 0 Å². The molecule has 2 saturated carbocycles. The number of carbonyl (C=O) groups excluding carboxylic acids is 4. The van der Waals surface area contributed by atoms with Crippen molar-refractivity contribution in [3.05, 3.63) is 53.3 Å². The van der Waals surface area contributed by atoms with Gasteiger partial charge in [-0.05, 0) is 83.4 Å². The minimum atomic E-state index is -3.98. The molecule has 4 aliphatic rings. The van der Waals surface area contributed by atoms with E-state index in [1.165, 1.54) is 16.7 Å². The first-order valence-corrected chi connectivity index (χ1v) is 21.8. The van der Waals surface area contributed by atoms with Crippen LogP contribution < -0.4 is 24.2 Å². The summed E-state index contributed by atoms with van der Waals surface area (Å²) in [6, 6.07) is 4.58. The fourth-order valence-corrected chi connectivity index (χ4v) is 9.58. The van der Waals surface area contributed by atoms with Gasteiger partial charge in [0, 0.05) is 37.5 Å². The Morgan fingerprint density at radius 3 is 2.57 bits per heavy atom. The first kappa shape index (κ1) is 41.5. The van der Waals surface area contributed by atoms with Crippen LogP contribution in [0, 0.1) is 11.3 Å². The second kappa shape index (κ2) is 16.2. The SMILES string of the molecule is COc1c(Cl)ccc2c(O[C@@H]3C[C@H]4C(=O)C[C@]5(C(=O)NS(=O)(=O)C6(C)CC6)C[C@@H]5/C=C\CCCCC[C@H](NC(=O)c5ccn(C)n5)C(=O)N4C3)cc(OC(C)C)nc12. The van der Waals surface area contributed by atoms with Crippen LogP contribution in [-0.2, 0) is 31.5 Å². The van der Waals surface area contributed by atoms with Crippen LogP contribution in [0.3, 0.4) is 0 Å². The third-order valence-corrected chi connectivity index (χ3v) is 14.2. The Hall–Kier alpha value is -4.70. The lowest BCUT2D eigenvalue weighted by Crippen LogP contribution is -2.52. The quantitative estimate of drug-likeness (QED) is 0.260. The van der Waals surface area contributed by atoms with Gasteiger partial charge in [0.05, 0.1) is 41.0 Å². The molecule has 0 spiro atoms. The third kappa shape index (κ3) is 8.40. The monoisotopic (exact) mass is 838 g/mol. The second-order valence-electron chi connectivity index (χ2n) is 16.5. The summed E-state index contributed by atoms with van der Waals surface area (Å²) in [4.78, 5) is 63.0. The molecule has 4 heterocycles. The molecule has 0 unspecified atom stereocenters. The lowest BCUT2D eigenvalue weighted by molar-refractivity contribution is -0.140. The molecule has 2 aliphatic heterocycles. The van der Waals surface area contributed by atoms with E-state index < -0.39 is 61.9 Å². The number of Topliss-reactive ketones (excluding diaryl/α,β-unsaturated/α-hetero) is 1. The van der Waals surface area contributed by atoms with Gasteiger partial charge in [0.25, 0.3) is 5.91 Å². The van der Waals surface area contributed by atoms with E-state index in [9.17, 15) is 27.6 Å². The van der Waals surface area contributed by atoms with Crippen LogP contribution in [0.1, 0.15) is 95.5 Å². The highest BCUT2D eigenvalue weighted by molar-refractivity contribution is 7.91. The van der Waals surface area contributed by atoms with Gasteiger partial charge in [0.15, 0.2) is 11.5 Å². The molecule has 2 aliphatic carbocycles. The number of nitrogens with zero attached hydrogens (tertiary/aromatic N) is 4. The molecule has 312 valence electrons. The van der Waals surface area contributed by atoms with Crippen molar-refractivity contribution in [2.75, 3.05) is 13.7 Å². The van der Waals surface area contributed by atoms with Crippen molar-refractivity contribution in [2.24, 2.45) is 18.4 Å². The zero-order chi connectivity index (χ0) is 41.6. The largest absolute Gasteiger partial charge is 0.493 e. The molecule has 3 amide bonds. The zero-order valence-corrected chi connectivity index (χ0v) is 35.0. The predicted molar refractivity (Wildman–Crippen MR) is 215 cm³/mol. The maximum Gasteiger partial charge on any atom is 0.272 e. The molecule has 2 N–H and O–H groups in total. The minimum absolute atomic E-state index is 0.0185. The van der Waals surface area contributed by atoms with Gasteiger partial charge in [-0.25, -0.2) is 13.4 Å². The molecule has 3 aromatic rings. The maximum atomic E-state index is 14.7. The Morgan fingerprint density at radius 1 is 1.10 bits per heavy atom. The first-order chi connectivity index (χ1) is 27.5. The molecule has 15 nitrogen and oxygen atoms in total. The molecular formula is C41H51ClN6O9S. The third-order valence-electron chi connectivity index (χ3n) is 11.8. The van der Waals surface area contributed by atoms with E-state index in [-0.39, 0.29) is 43.0 Å². The number of aromatic nitrogens is 3. The molecule has 1 aromatic carbocycles. The highest BCUT2D eigenvalue weighted by atomic mass is 35.5. The second-order valence-corrected chi connectivity index (χ2v) is 19.1. The maximum absolute atomic E-state index is 14.7. The fourth-order valence-electron chi connectivity index (χ4n) is 8.02. The molecule has 58 heavy (non-hydrogen) atoms. The van der Waals surface area contributed by atoms with Crippen LogP contribution in [0.25, 0.3) is 10.9 Å². The Bertz CT molecular complexity index is 2260. The number of amides is 3. The summed E-state index contributed by atoms with van der Waals surface area (Å²) in [6.45, 7) is 5.30. The number of rotatable bonds is 10. The van der Waals surface area contributed by atoms with Crippen LogP contribution >= 0.6 is 11.6 Å². The number of carbonyl (C=O) groups is 4. The lowest BCUT2D eigenvalue weighted by Gasteiger charge is -2.29. The van der Waals surface area contributed by atoms with E-state index in [4.69, 9.17) is 25.8 Å². The van der Waals surface area contributed by atoms with Crippen molar-refractivity contribution in [1.82, 2.24) is 29.7 Å². The molecule has 2 aromatic heterocycles. The number of ketones is 1. The highest BCUT2D eigenvalue weighted by Crippen LogP contribution is 2.57. The minimum Gasteiger partial charge on any atom is -0.493 e. The number of hydrogen-bond donors (Lipinski definition) is 2. The van der Waals surface area contributed by atoms with Gasteiger partial charge in [-0.2, -0.15) is 5.10 Å². The van der Waals surface area contributed by atoms with Crippen LogP contribution in [0.5, 0.6) is 17.4 Å². The normalized spacial score (nSPS) is 26.5. The van der Waals surface area contributed by atoms with E-state index in [2.05, 4.69) is 20.1 Å². The Morgan fingerprint density at radius 2 is 1.88 bits per heavy atom. The molecule has 3 fully saturated rings. The van der Waals surface area contributed by atoms with Crippen LogP contribution in [0.15, 0.2) is 42.6 Å². The van der Waals surface area contributed by atoms with Gasteiger partial charge < -0.3 is 24.4 Å². The highest BCUT2D eigenvalue weighted by Gasteiger charge is 2.62. The number of hydrogen-bond acceptors (Lipinski definition) is 11. The van der Waals surface area contributed by atoms with Gasteiger partial charge >= 0.3 is 0 Å². The van der Waals surface area contributed by atoms with Gasteiger partial charge in [-0.15, -0.1) is 0 Å². The standard InChI is InChI=1S/C41H51ClN6O9S/c1-24(2)56-34-20-33(27-13-14-28(42)36(55-5)35(27)44-34)57-26-19-31-32(49)22-41(39(52)46-58(53,54)40(3)16-17-40)21-25(41)11-9-7-6-8-10-12-30(38(51)48(31)23-26)43-37(50)29-15-18-47(4)45-29/h9,11,13-15,18,20,24-26,30-31H,6-8,10,12,16-17,19,21-23H2,1-5H3,(H,43,50)(H,46,52)/b11-9-/t25-,26+,30-,31-,41+/m0/s1. The molecule has 1 saturated heterocycles. The average molecular weight is 839 g/mol. The molecule has 17 heteroatoms. The van der Waals surface area contributed by atoms with Gasteiger partial charge in [-0.3, -0.25) is 28.6 Å². The van der Waals surface area contributed by atoms with Crippen molar-refractivity contribution in [3.8, 4) is 17.4 Å².